The van der Waals surface area contributed by atoms with Crippen LogP contribution in [0.15, 0.2) is 18.2 Å². The monoisotopic (exact) mass is 274 g/mol. The van der Waals surface area contributed by atoms with Crippen LogP contribution in [0.3, 0.4) is 0 Å². The number of rotatable bonds is 1. The van der Waals surface area contributed by atoms with Crippen molar-refractivity contribution >= 4 is 33.3 Å². The summed E-state index contributed by atoms with van der Waals surface area (Å²) in [5, 5.41) is 1.25. The Morgan fingerprint density at radius 3 is 3.07 bits per heavy atom. The van der Waals surface area contributed by atoms with E-state index in [4.69, 9.17) is 16.3 Å². The summed E-state index contributed by atoms with van der Waals surface area (Å²) in [5.74, 6) is 0.713. The van der Waals surface area contributed by atoms with E-state index in [1.54, 1.807) is 18.2 Å². The zero-order valence-corrected chi connectivity index (χ0v) is 9.64. The molecule has 0 radical (unpaired) electrons. The number of Topliss-reactive ketones (excluding diaryl/α,β-unsaturated/α-hetero) is 1. The summed E-state index contributed by atoms with van der Waals surface area (Å²) in [5.41, 5.74) is 0.631. The quantitative estimate of drug-likeness (QED) is 0.736. The van der Waals surface area contributed by atoms with E-state index in [-0.39, 0.29) is 11.9 Å². The second-order valence-corrected chi connectivity index (χ2v) is 4.25. The molecule has 0 bridgehead atoms. The third-order valence-electron chi connectivity index (χ3n) is 2.12. The molecule has 1 aromatic carbocycles. The lowest BCUT2D eigenvalue weighted by Crippen LogP contribution is -2.27. The van der Waals surface area contributed by atoms with Gasteiger partial charge < -0.3 is 4.74 Å². The lowest BCUT2D eigenvalue weighted by atomic mass is 10.0. The second-order valence-electron chi connectivity index (χ2n) is 3.16. The minimum absolute atomic E-state index is 0.0755. The molecule has 2 rings (SSSR count). The van der Waals surface area contributed by atoms with Gasteiger partial charge in [0, 0.05) is 16.8 Å². The number of hydrogen-bond acceptors (Lipinski definition) is 2. The van der Waals surface area contributed by atoms with Crippen LogP contribution in [0.4, 0.5) is 0 Å². The summed E-state index contributed by atoms with van der Waals surface area (Å²) in [4.78, 5) is 11.6. The molecule has 0 saturated carbocycles. The maximum atomic E-state index is 11.6. The molecular weight excluding hydrogens is 267 g/mol. The van der Waals surface area contributed by atoms with E-state index in [1.807, 2.05) is 0 Å². The summed E-state index contributed by atoms with van der Waals surface area (Å²) in [6.07, 6.45) is 0.355. The number of carbonyl (C=O) groups excluding carboxylic acids is 1. The molecule has 4 heteroatoms. The first-order valence-electron chi connectivity index (χ1n) is 4.26. The molecule has 0 aromatic heterocycles. The van der Waals surface area contributed by atoms with Crippen molar-refractivity contribution in [1.29, 1.82) is 0 Å². The Morgan fingerprint density at radius 1 is 1.57 bits per heavy atom. The van der Waals surface area contributed by atoms with Crippen molar-refractivity contribution in [3.63, 3.8) is 0 Å². The molecule has 1 aliphatic heterocycles. The number of halogens is 2. The van der Waals surface area contributed by atoms with Gasteiger partial charge in [0.25, 0.3) is 0 Å². The van der Waals surface area contributed by atoms with Crippen LogP contribution in [-0.4, -0.2) is 17.2 Å². The molecule has 1 heterocycles. The molecule has 2 nitrogen and oxygen atoms in total. The highest BCUT2D eigenvalue weighted by Crippen LogP contribution is 2.30. The van der Waals surface area contributed by atoms with Gasteiger partial charge in [-0.2, -0.15) is 0 Å². The van der Waals surface area contributed by atoms with Crippen molar-refractivity contribution in [2.24, 2.45) is 0 Å². The first-order valence-corrected chi connectivity index (χ1v) is 5.76. The average Bonchev–Trinajstić information content (AvgIpc) is 2.16. The van der Waals surface area contributed by atoms with Crippen molar-refractivity contribution in [3.8, 4) is 5.75 Å². The van der Waals surface area contributed by atoms with Crippen LogP contribution in [0.1, 0.15) is 16.8 Å². The van der Waals surface area contributed by atoms with E-state index in [0.717, 1.165) is 0 Å². The Balaban J connectivity index is 2.40. The minimum atomic E-state index is -0.0755. The molecule has 0 spiro atoms. The van der Waals surface area contributed by atoms with Crippen LogP contribution in [0.5, 0.6) is 5.75 Å². The van der Waals surface area contributed by atoms with Gasteiger partial charge in [0.15, 0.2) is 5.78 Å². The lowest BCUT2D eigenvalue weighted by Gasteiger charge is -2.23. The van der Waals surface area contributed by atoms with E-state index in [9.17, 15) is 4.79 Å². The first-order chi connectivity index (χ1) is 6.70. The van der Waals surface area contributed by atoms with Crippen molar-refractivity contribution in [3.05, 3.63) is 28.8 Å². The number of ether oxygens (including phenoxy) is 1. The molecule has 1 aliphatic rings. The number of carbonyl (C=O) groups is 1. The van der Waals surface area contributed by atoms with Gasteiger partial charge in [-0.05, 0) is 18.2 Å². The Morgan fingerprint density at radius 2 is 2.36 bits per heavy atom. The molecule has 0 fully saturated rings. The fourth-order valence-electron chi connectivity index (χ4n) is 1.45. The summed E-state index contributed by atoms with van der Waals surface area (Å²) >= 11 is 9.11. The number of alkyl halides is 1. The maximum Gasteiger partial charge on any atom is 0.170 e. The number of hydrogen-bond donors (Lipinski definition) is 0. The van der Waals surface area contributed by atoms with Gasteiger partial charge in [0.1, 0.15) is 11.9 Å². The van der Waals surface area contributed by atoms with E-state index in [1.165, 1.54) is 0 Å². The highest BCUT2D eigenvalue weighted by molar-refractivity contribution is 9.09. The zero-order chi connectivity index (χ0) is 10.1. The lowest BCUT2D eigenvalue weighted by molar-refractivity contribution is 0.0876. The first kappa shape index (κ1) is 9.99. The number of ketones is 1. The molecule has 74 valence electrons. The molecule has 1 aromatic rings. The van der Waals surface area contributed by atoms with Gasteiger partial charge in [-0.15, -0.1) is 0 Å². The van der Waals surface area contributed by atoms with Gasteiger partial charge in [-0.25, -0.2) is 0 Å². The molecule has 0 amide bonds. The summed E-state index contributed by atoms with van der Waals surface area (Å²) in [6.45, 7) is 0. The fourth-order valence-corrected chi connectivity index (χ4v) is 1.97. The highest BCUT2D eigenvalue weighted by Gasteiger charge is 2.25. The van der Waals surface area contributed by atoms with Gasteiger partial charge in [0.2, 0.25) is 0 Å². The van der Waals surface area contributed by atoms with E-state index in [0.29, 0.717) is 28.1 Å². The van der Waals surface area contributed by atoms with E-state index in [2.05, 4.69) is 15.9 Å². The Labute approximate surface area is 95.3 Å². The maximum absolute atomic E-state index is 11.6. The number of fused-ring (bicyclic) bond motifs is 1. The van der Waals surface area contributed by atoms with E-state index < -0.39 is 0 Å². The van der Waals surface area contributed by atoms with Crippen LogP contribution in [0, 0.1) is 0 Å². The zero-order valence-electron chi connectivity index (χ0n) is 7.30. The minimum Gasteiger partial charge on any atom is -0.488 e. The second kappa shape index (κ2) is 3.91. The molecule has 0 saturated heterocycles. The van der Waals surface area contributed by atoms with Crippen molar-refractivity contribution in [2.75, 3.05) is 5.33 Å². The Kier molecular flexibility index (Phi) is 2.79. The fraction of sp³-hybridized carbons (Fsp3) is 0.300. The number of benzene rings is 1. The van der Waals surface area contributed by atoms with E-state index >= 15 is 0 Å². The van der Waals surface area contributed by atoms with Gasteiger partial charge >= 0.3 is 0 Å². The van der Waals surface area contributed by atoms with Crippen LogP contribution in [-0.2, 0) is 0 Å². The van der Waals surface area contributed by atoms with Gasteiger partial charge in [0.05, 0.1) is 5.56 Å². The molecule has 1 unspecified atom stereocenters. The third kappa shape index (κ3) is 1.79. The smallest absolute Gasteiger partial charge is 0.170 e. The molecule has 1 atom stereocenters. The van der Waals surface area contributed by atoms with Crippen molar-refractivity contribution < 1.29 is 9.53 Å². The topological polar surface area (TPSA) is 26.3 Å². The predicted molar refractivity (Wildman–Crippen MR) is 58.6 cm³/mol. The van der Waals surface area contributed by atoms with Crippen molar-refractivity contribution in [2.45, 2.75) is 12.5 Å². The SMILES string of the molecule is O=C1CC(CBr)Oc2cc(Cl)ccc21. The average molecular weight is 276 g/mol. The van der Waals surface area contributed by atoms with Gasteiger partial charge in [-0.3, -0.25) is 4.79 Å². The Bertz CT molecular complexity index is 378. The Hall–Kier alpha value is -0.540. The molecule has 14 heavy (non-hydrogen) atoms. The third-order valence-corrected chi connectivity index (χ3v) is 3.08. The highest BCUT2D eigenvalue weighted by atomic mass is 79.9. The normalized spacial score (nSPS) is 20.1. The predicted octanol–water partition coefficient (Wildman–Crippen LogP) is 3.07. The molecule has 0 N–H and O–H groups in total. The molecular formula is C10H8BrClO2. The largest absolute Gasteiger partial charge is 0.488 e. The summed E-state index contributed by atoms with van der Waals surface area (Å²) < 4.78 is 5.58. The molecule has 0 aliphatic carbocycles. The van der Waals surface area contributed by atoms with Crippen LogP contribution in [0.25, 0.3) is 0 Å². The summed E-state index contributed by atoms with van der Waals surface area (Å²) in [6, 6.07) is 5.10. The summed E-state index contributed by atoms with van der Waals surface area (Å²) in [7, 11) is 0. The standard InChI is InChI=1S/C10H8BrClO2/c11-5-7-4-9(13)8-2-1-6(12)3-10(8)14-7/h1-3,7H,4-5H2. The van der Waals surface area contributed by atoms with Crippen molar-refractivity contribution in [1.82, 2.24) is 0 Å². The van der Waals surface area contributed by atoms with Crippen LogP contribution in [0.2, 0.25) is 5.02 Å². The van der Waals surface area contributed by atoms with Gasteiger partial charge in [-0.1, -0.05) is 27.5 Å². The van der Waals surface area contributed by atoms with Crippen LogP contribution < -0.4 is 4.74 Å². The van der Waals surface area contributed by atoms with Crippen LogP contribution >= 0.6 is 27.5 Å².